The molecule has 31 heavy (non-hydrogen) atoms. The van der Waals surface area contributed by atoms with E-state index in [1.807, 2.05) is 62.3 Å². The molecule has 3 aromatic heterocycles. The van der Waals surface area contributed by atoms with E-state index < -0.39 is 5.91 Å². The zero-order valence-corrected chi connectivity index (χ0v) is 18.9. The number of carbonyl (C=O) groups excluding carboxylic acids is 1. The third-order valence-corrected chi connectivity index (χ3v) is 6.21. The Labute approximate surface area is 189 Å². The molecule has 4 aromatic rings. The molecule has 0 spiro atoms. The van der Waals surface area contributed by atoms with Crippen molar-refractivity contribution in [3.8, 4) is 16.3 Å². The molecule has 160 valence electrons. The Balaban J connectivity index is 1.72. The lowest BCUT2D eigenvalue weighted by Gasteiger charge is -2.16. The van der Waals surface area contributed by atoms with Crippen LogP contribution < -0.4 is 10.5 Å². The molecule has 0 fully saturated rings. The maximum Gasteiger partial charge on any atom is 0.262 e. The number of hydrogen-bond acceptors (Lipinski definition) is 6. The van der Waals surface area contributed by atoms with Crippen LogP contribution in [0.15, 0.2) is 48.7 Å². The van der Waals surface area contributed by atoms with Crippen LogP contribution in [0.1, 0.15) is 34.0 Å². The first kappa shape index (κ1) is 21.3. The van der Waals surface area contributed by atoms with Crippen molar-refractivity contribution in [1.29, 1.82) is 0 Å². The van der Waals surface area contributed by atoms with Gasteiger partial charge in [0, 0.05) is 23.2 Å². The highest BCUT2D eigenvalue weighted by atomic mass is 35.5. The molecular weight excluding hydrogens is 434 g/mol. The number of amides is 1. The van der Waals surface area contributed by atoms with Gasteiger partial charge in [-0.25, -0.2) is 9.50 Å². The van der Waals surface area contributed by atoms with Crippen molar-refractivity contribution in [3.63, 3.8) is 0 Å². The minimum absolute atomic E-state index is 0.341. The van der Waals surface area contributed by atoms with Crippen molar-refractivity contribution in [1.82, 2.24) is 19.5 Å². The molecule has 0 bridgehead atoms. The lowest BCUT2D eigenvalue weighted by Crippen LogP contribution is -2.13. The monoisotopic (exact) mass is 455 g/mol. The summed E-state index contributed by atoms with van der Waals surface area (Å²) in [6.45, 7) is 2.58. The molecule has 1 amide bonds. The van der Waals surface area contributed by atoms with Crippen LogP contribution in [0.5, 0.6) is 5.75 Å². The van der Waals surface area contributed by atoms with E-state index in [0.717, 1.165) is 27.5 Å². The van der Waals surface area contributed by atoms with Gasteiger partial charge in [0.25, 0.3) is 5.91 Å². The normalized spacial score (nSPS) is 12.4. The first-order valence-corrected chi connectivity index (χ1v) is 10.9. The van der Waals surface area contributed by atoms with E-state index in [9.17, 15) is 4.79 Å². The number of aromatic nitrogens is 3. The third-order valence-electron chi connectivity index (χ3n) is 4.72. The summed E-state index contributed by atoms with van der Waals surface area (Å²) >= 11 is 7.56. The summed E-state index contributed by atoms with van der Waals surface area (Å²) in [6, 6.07) is 13.1. The highest BCUT2D eigenvalue weighted by molar-refractivity contribution is 7.17. The van der Waals surface area contributed by atoms with Crippen molar-refractivity contribution in [2.75, 3.05) is 14.1 Å². The van der Waals surface area contributed by atoms with Gasteiger partial charge in [0.05, 0.1) is 16.8 Å². The molecule has 0 aliphatic heterocycles. The first-order chi connectivity index (χ1) is 14.8. The Morgan fingerprint density at radius 2 is 2.06 bits per heavy atom. The van der Waals surface area contributed by atoms with E-state index in [0.29, 0.717) is 22.2 Å². The Hall–Kier alpha value is -2.94. The van der Waals surface area contributed by atoms with E-state index in [1.165, 1.54) is 11.3 Å². The van der Waals surface area contributed by atoms with Gasteiger partial charge in [-0.05, 0) is 39.2 Å². The number of primary amides is 1. The zero-order valence-electron chi connectivity index (χ0n) is 17.4. The van der Waals surface area contributed by atoms with E-state index in [1.54, 1.807) is 16.8 Å². The van der Waals surface area contributed by atoms with Crippen LogP contribution in [0.3, 0.4) is 0 Å². The van der Waals surface area contributed by atoms with Gasteiger partial charge in [-0.3, -0.25) is 4.79 Å². The predicted octanol–water partition coefficient (Wildman–Crippen LogP) is 4.41. The molecule has 0 saturated heterocycles. The van der Waals surface area contributed by atoms with E-state index in [2.05, 4.69) is 4.98 Å². The lowest BCUT2D eigenvalue weighted by molar-refractivity contribution is 0.0998. The van der Waals surface area contributed by atoms with Gasteiger partial charge in [0.15, 0.2) is 5.65 Å². The average Bonchev–Trinajstić information content (AvgIpc) is 3.31. The zero-order chi connectivity index (χ0) is 22.1. The second-order valence-corrected chi connectivity index (χ2v) is 8.89. The third kappa shape index (κ3) is 4.41. The Kier molecular flexibility index (Phi) is 5.95. The molecule has 0 saturated carbocycles. The van der Waals surface area contributed by atoms with Gasteiger partial charge in [-0.2, -0.15) is 5.10 Å². The standard InChI is InChI=1S/C22H22ClN5O2S/c1-13(15-6-4-5-7-16(15)23)30-18-10-19(31-21(18)22(24)29)17-11-25-20-9-8-14(12-27(2)3)26-28(17)20/h4-11,13H,12H2,1-3H3,(H2,24,29). The molecule has 4 rings (SSSR count). The first-order valence-electron chi connectivity index (χ1n) is 9.67. The van der Waals surface area contributed by atoms with Gasteiger partial charge >= 0.3 is 0 Å². The number of fused-ring (bicyclic) bond motifs is 1. The SMILES string of the molecule is CC(Oc1cc(-c2cnc3ccc(CN(C)C)nn23)sc1C(N)=O)c1ccccc1Cl. The van der Waals surface area contributed by atoms with Gasteiger partial charge < -0.3 is 15.4 Å². The Morgan fingerprint density at radius 3 is 2.77 bits per heavy atom. The van der Waals surface area contributed by atoms with Crippen LogP contribution in [-0.4, -0.2) is 39.5 Å². The number of benzene rings is 1. The van der Waals surface area contributed by atoms with E-state index >= 15 is 0 Å². The molecule has 3 heterocycles. The van der Waals surface area contributed by atoms with Crippen LogP contribution in [0.4, 0.5) is 0 Å². The lowest BCUT2D eigenvalue weighted by atomic mass is 10.1. The summed E-state index contributed by atoms with van der Waals surface area (Å²) < 4.78 is 7.88. The predicted molar refractivity (Wildman–Crippen MR) is 123 cm³/mol. The average molecular weight is 456 g/mol. The number of nitrogens with two attached hydrogens (primary N) is 1. The van der Waals surface area contributed by atoms with Crippen LogP contribution >= 0.6 is 22.9 Å². The fourth-order valence-electron chi connectivity index (χ4n) is 3.31. The number of carbonyl (C=O) groups is 1. The molecule has 0 aliphatic rings. The number of halogens is 1. The minimum atomic E-state index is -0.548. The van der Waals surface area contributed by atoms with Crippen molar-refractivity contribution in [2.45, 2.75) is 19.6 Å². The van der Waals surface area contributed by atoms with Crippen molar-refractivity contribution in [3.05, 3.63) is 69.8 Å². The Bertz CT molecular complexity index is 1250. The molecule has 7 nitrogen and oxygen atoms in total. The van der Waals surface area contributed by atoms with E-state index in [-0.39, 0.29) is 6.10 Å². The van der Waals surface area contributed by atoms with Crippen LogP contribution in [0.2, 0.25) is 5.02 Å². The molecule has 0 radical (unpaired) electrons. The summed E-state index contributed by atoms with van der Waals surface area (Å²) in [5.74, 6) is -0.132. The molecule has 1 atom stereocenters. The number of thiophene rings is 1. The minimum Gasteiger partial charge on any atom is -0.484 e. The molecule has 0 aliphatic carbocycles. The molecule has 1 aromatic carbocycles. The fourth-order valence-corrected chi connectivity index (χ4v) is 4.53. The smallest absolute Gasteiger partial charge is 0.262 e. The quantitative estimate of drug-likeness (QED) is 0.446. The summed E-state index contributed by atoms with van der Waals surface area (Å²) in [5.41, 5.74) is 8.87. The van der Waals surface area contributed by atoms with Gasteiger partial charge in [0.1, 0.15) is 22.4 Å². The second-order valence-electron chi connectivity index (χ2n) is 7.43. The molecular formula is C22H22ClN5O2S. The van der Waals surface area contributed by atoms with Crippen LogP contribution in [0, 0.1) is 0 Å². The summed E-state index contributed by atoms with van der Waals surface area (Å²) in [6.07, 6.45) is 1.38. The van der Waals surface area contributed by atoms with Gasteiger partial charge in [0.2, 0.25) is 0 Å². The second kappa shape index (κ2) is 8.66. The highest BCUT2D eigenvalue weighted by Crippen LogP contribution is 2.38. The van der Waals surface area contributed by atoms with Crippen molar-refractivity contribution in [2.24, 2.45) is 5.73 Å². The number of ether oxygens (including phenoxy) is 1. The van der Waals surface area contributed by atoms with Gasteiger partial charge in [-0.15, -0.1) is 11.3 Å². The summed E-state index contributed by atoms with van der Waals surface area (Å²) in [5, 5.41) is 5.30. The maximum absolute atomic E-state index is 12.1. The topological polar surface area (TPSA) is 85.8 Å². The maximum atomic E-state index is 12.1. The van der Waals surface area contributed by atoms with Gasteiger partial charge in [-0.1, -0.05) is 29.8 Å². The molecule has 9 heteroatoms. The number of imidazole rings is 1. The van der Waals surface area contributed by atoms with Crippen molar-refractivity contribution >= 4 is 34.5 Å². The molecule has 1 unspecified atom stereocenters. The Morgan fingerprint density at radius 1 is 1.29 bits per heavy atom. The summed E-state index contributed by atoms with van der Waals surface area (Å²) in [7, 11) is 3.98. The van der Waals surface area contributed by atoms with E-state index in [4.69, 9.17) is 27.2 Å². The number of hydrogen-bond donors (Lipinski definition) is 1. The number of nitrogens with zero attached hydrogens (tertiary/aromatic N) is 4. The largest absolute Gasteiger partial charge is 0.484 e. The fraction of sp³-hybridized carbons (Fsp3) is 0.227. The van der Waals surface area contributed by atoms with Crippen LogP contribution in [-0.2, 0) is 6.54 Å². The van der Waals surface area contributed by atoms with Crippen LogP contribution in [0.25, 0.3) is 16.2 Å². The molecule has 2 N–H and O–H groups in total. The summed E-state index contributed by atoms with van der Waals surface area (Å²) in [4.78, 5) is 19.7. The number of rotatable bonds is 7. The van der Waals surface area contributed by atoms with Crippen molar-refractivity contribution < 1.29 is 9.53 Å². The highest BCUT2D eigenvalue weighted by Gasteiger charge is 2.21.